The molecule has 3 aliphatic rings. The maximum atomic E-state index is 14.8. The fourth-order valence-corrected chi connectivity index (χ4v) is 7.23. The molecule has 0 bridgehead atoms. The Morgan fingerprint density at radius 1 is 0.907 bits per heavy atom. The third-order valence-electron chi connectivity index (χ3n) is 8.88. The van der Waals surface area contributed by atoms with Gasteiger partial charge in [0.25, 0.3) is 5.69 Å². The highest BCUT2D eigenvalue weighted by Gasteiger charge is 2.72. The molecule has 8 heteroatoms. The number of carbonyl (C=O) groups excluding carboxylic acids is 3. The van der Waals surface area contributed by atoms with Crippen LogP contribution in [0.3, 0.4) is 0 Å². The fraction of sp³-hybridized carbons (Fsp3) is 0.171. The molecule has 2 aliphatic heterocycles. The largest absolute Gasteiger partial charge is 0.494 e. The van der Waals surface area contributed by atoms with Crippen molar-refractivity contribution in [3.05, 3.63) is 141 Å². The molecule has 0 unspecified atom stereocenters. The molecule has 4 aromatic rings. The second kappa shape index (κ2) is 9.87. The summed E-state index contributed by atoms with van der Waals surface area (Å²) in [5.41, 5.74) is 0.942. The van der Waals surface area contributed by atoms with Crippen LogP contribution in [0.25, 0.3) is 6.08 Å². The van der Waals surface area contributed by atoms with Gasteiger partial charge in [-0.25, -0.2) is 0 Å². The summed E-state index contributed by atoms with van der Waals surface area (Å²) in [6, 6.07) is 25.3. The first kappa shape index (κ1) is 26.5. The maximum absolute atomic E-state index is 14.8. The second-order valence-electron chi connectivity index (χ2n) is 10.9. The molecule has 3 atom stereocenters. The first-order chi connectivity index (χ1) is 20.9. The number of ketones is 3. The van der Waals surface area contributed by atoms with Crippen molar-refractivity contribution in [3.63, 3.8) is 0 Å². The smallest absolute Gasteiger partial charge is 0.270 e. The third kappa shape index (κ3) is 3.65. The van der Waals surface area contributed by atoms with E-state index in [1.807, 2.05) is 60.4 Å². The van der Waals surface area contributed by atoms with Gasteiger partial charge in [-0.15, -0.1) is 0 Å². The minimum absolute atomic E-state index is 0.122. The monoisotopic (exact) mass is 570 g/mol. The number of non-ortho nitro benzene ring substituents is 1. The third-order valence-corrected chi connectivity index (χ3v) is 8.88. The molecule has 2 heterocycles. The predicted octanol–water partition coefficient (Wildman–Crippen LogP) is 6.31. The SMILES string of the molecule is CCOc1ccccc1[C@@H]1[C@H](C(=O)c2cccc([N+](=O)[O-])c2)N2c3ccccc3C=C[C@@H]2C12C(=O)c1ccccc1C2=O. The number of rotatable bonds is 6. The summed E-state index contributed by atoms with van der Waals surface area (Å²) in [4.78, 5) is 57.4. The fourth-order valence-electron chi connectivity index (χ4n) is 7.23. The van der Waals surface area contributed by atoms with E-state index in [2.05, 4.69) is 0 Å². The molecule has 1 aliphatic carbocycles. The molecular weight excluding hydrogens is 544 g/mol. The van der Waals surface area contributed by atoms with Gasteiger partial charge in [0.15, 0.2) is 17.3 Å². The number of benzene rings is 4. The minimum Gasteiger partial charge on any atom is -0.494 e. The van der Waals surface area contributed by atoms with Crippen LogP contribution in [0.15, 0.2) is 103 Å². The number of nitro benzene ring substituents is 1. The van der Waals surface area contributed by atoms with Crippen LogP contribution in [0.4, 0.5) is 11.4 Å². The van der Waals surface area contributed by atoms with E-state index in [0.29, 0.717) is 34.7 Å². The molecule has 1 spiro atoms. The van der Waals surface area contributed by atoms with E-state index in [1.54, 1.807) is 42.5 Å². The van der Waals surface area contributed by atoms with E-state index in [-0.39, 0.29) is 22.8 Å². The molecule has 8 nitrogen and oxygen atoms in total. The van der Waals surface area contributed by atoms with E-state index < -0.39 is 34.1 Å². The Labute approximate surface area is 247 Å². The summed E-state index contributed by atoms with van der Waals surface area (Å²) >= 11 is 0. The lowest BCUT2D eigenvalue weighted by atomic mass is 9.64. The number of carbonyl (C=O) groups is 3. The number of hydrogen-bond donors (Lipinski definition) is 0. The zero-order valence-electron chi connectivity index (χ0n) is 23.2. The van der Waals surface area contributed by atoms with Crippen molar-refractivity contribution in [2.75, 3.05) is 11.5 Å². The van der Waals surface area contributed by atoms with E-state index in [0.717, 1.165) is 5.56 Å². The zero-order valence-corrected chi connectivity index (χ0v) is 23.2. The molecule has 1 saturated heterocycles. The molecule has 4 aromatic carbocycles. The van der Waals surface area contributed by atoms with E-state index in [1.165, 1.54) is 18.2 Å². The normalized spacial score (nSPS) is 21.0. The molecular formula is C35H26N2O6. The van der Waals surface area contributed by atoms with Gasteiger partial charge < -0.3 is 9.64 Å². The lowest BCUT2D eigenvalue weighted by Gasteiger charge is -2.37. The molecule has 0 saturated carbocycles. The summed E-state index contributed by atoms with van der Waals surface area (Å²) in [6.07, 6.45) is 3.74. The number of fused-ring (bicyclic) bond motifs is 5. The average Bonchev–Trinajstić information content (AvgIpc) is 3.47. The van der Waals surface area contributed by atoms with Crippen LogP contribution in [0.1, 0.15) is 55.0 Å². The number of anilines is 1. The van der Waals surface area contributed by atoms with Gasteiger partial charge in [0, 0.05) is 46.0 Å². The van der Waals surface area contributed by atoms with E-state index >= 15 is 0 Å². The van der Waals surface area contributed by atoms with Crippen LogP contribution >= 0.6 is 0 Å². The number of para-hydroxylation sites is 2. The molecule has 0 aromatic heterocycles. The number of Topliss-reactive ketones (excluding diaryl/α,β-unsaturated/α-hetero) is 3. The van der Waals surface area contributed by atoms with Gasteiger partial charge in [-0.2, -0.15) is 0 Å². The Hall–Kier alpha value is -5.37. The van der Waals surface area contributed by atoms with Crippen LogP contribution in [0, 0.1) is 15.5 Å². The van der Waals surface area contributed by atoms with E-state index in [9.17, 15) is 24.5 Å². The first-order valence-corrected chi connectivity index (χ1v) is 14.1. The molecule has 0 amide bonds. The average molecular weight is 571 g/mol. The topological polar surface area (TPSA) is 107 Å². The van der Waals surface area contributed by atoms with Crippen LogP contribution in [0.5, 0.6) is 5.75 Å². The maximum Gasteiger partial charge on any atom is 0.270 e. The summed E-state index contributed by atoms with van der Waals surface area (Å²) in [6.45, 7) is 2.18. The van der Waals surface area contributed by atoms with Crippen LogP contribution in [0.2, 0.25) is 0 Å². The van der Waals surface area contributed by atoms with Gasteiger partial charge in [-0.1, -0.05) is 84.9 Å². The van der Waals surface area contributed by atoms with E-state index in [4.69, 9.17) is 4.74 Å². The predicted molar refractivity (Wildman–Crippen MR) is 161 cm³/mol. The molecule has 1 fully saturated rings. The lowest BCUT2D eigenvalue weighted by molar-refractivity contribution is -0.384. The summed E-state index contributed by atoms with van der Waals surface area (Å²) < 4.78 is 6.05. The number of nitro groups is 1. The highest BCUT2D eigenvalue weighted by atomic mass is 16.6. The van der Waals surface area contributed by atoms with Crippen molar-refractivity contribution in [1.82, 2.24) is 0 Å². The molecule has 7 rings (SSSR count). The molecule has 0 N–H and O–H groups in total. The van der Waals surface area contributed by atoms with Crippen LogP contribution < -0.4 is 9.64 Å². The summed E-state index contributed by atoms with van der Waals surface area (Å²) in [7, 11) is 0. The van der Waals surface area contributed by atoms with Gasteiger partial charge in [0.1, 0.15) is 17.2 Å². The Morgan fingerprint density at radius 3 is 2.30 bits per heavy atom. The van der Waals surface area contributed by atoms with Crippen LogP contribution in [-0.2, 0) is 0 Å². The van der Waals surface area contributed by atoms with Crippen molar-refractivity contribution < 1.29 is 24.0 Å². The van der Waals surface area contributed by atoms with Gasteiger partial charge in [-0.3, -0.25) is 24.5 Å². The zero-order chi connectivity index (χ0) is 29.9. The highest BCUT2D eigenvalue weighted by Crippen LogP contribution is 2.62. The Balaban J connectivity index is 1.56. The van der Waals surface area contributed by atoms with Crippen molar-refractivity contribution in [1.29, 1.82) is 0 Å². The minimum atomic E-state index is -1.69. The quantitative estimate of drug-likeness (QED) is 0.116. The first-order valence-electron chi connectivity index (χ1n) is 14.1. The van der Waals surface area contributed by atoms with Crippen LogP contribution in [-0.4, -0.2) is 41.0 Å². The molecule has 0 radical (unpaired) electrons. The van der Waals surface area contributed by atoms with Crippen molar-refractivity contribution in [3.8, 4) is 5.75 Å². The Kier molecular flexibility index (Phi) is 6.09. The number of nitrogens with zero attached hydrogens (tertiary/aromatic N) is 2. The summed E-state index contributed by atoms with van der Waals surface area (Å²) in [5.74, 6) is -1.63. The van der Waals surface area contributed by atoms with Crippen molar-refractivity contribution >= 4 is 34.8 Å². The summed E-state index contributed by atoms with van der Waals surface area (Å²) in [5, 5.41) is 11.7. The van der Waals surface area contributed by atoms with Crippen molar-refractivity contribution in [2.24, 2.45) is 5.41 Å². The Bertz CT molecular complexity index is 1840. The highest BCUT2D eigenvalue weighted by molar-refractivity contribution is 6.32. The number of ether oxygens (including phenoxy) is 1. The Morgan fingerprint density at radius 2 is 1.58 bits per heavy atom. The van der Waals surface area contributed by atoms with Gasteiger partial charge in [0.2, 0.25) is 0 Å². The van der Waals surface area contributed by atoms with Gasteiger partial charge >= 0.3 is 0 Å². The molecule has 43 heavy (non-hydrogen) atoms. The molecule has 212 valence electrons. The number of hydrogen-bond acceptors (Lipinski definition) is 7. The van der Waals surface area contributed by atoms with Gasteiger partial charge in [-0.05, 0) is 24.6 Å². The standard InChI is InChI=1S/C35H26N2O6/c1-2-43-28-17-8-6-15-26(28)30-31(32(38)22-11-9-12-23(20-22)37(41)42)36-27-16-7-3-10-21(27)18-19-29(36)35(30)33(39)24-13-4-5-14-25(24)34(35)40/h3-20,29-31H,2H2,1H3/t29-,30-,31-/m1/s1. The second-order valence-corrected chi connectivity index (χ2v) is 10.9. The van der Waals surface area contributed by atoms with Gasteiger partial charge in [0.05, 0.1) is 17.6 Å². The van der Waals surface area contributed by atoms with Crippen molar-refractivity contribution in [2.45, 2.75) is 24.9 Å². The lowest BCUT2D eigenvalue weighted by Crippen LogP contribution is -2.48.